The average molecular weight is 363 g/mol. The number of benzene rings is 1. The highest BCUT2D eigenvalue weighted by Gasteiger charge is 2.26. The van der Waals surface area contributed by atoms with Crippen LogP contribution in [0.25, 0.3) is 0 Å². The number of carbonyl (C=O) groups excluding carboxylic acids is 3. The molecule has 0 radical (unpaired) electrons. The summed E-state index contributed by atoms with van der Waals surface area (Å²) in [5, 5.41) is 0. The Morgan fingerprint density at radius 3 is 2.50 bits per heavy atom. The molecule has 7 heteroatoms. The fourth-order valence-corrected chi connectivity index (χ4v) is 2.74. The van der Waals surface area contributed by atoms with Crippen molar-refractivity contribution in [2.75, 3.05) is 33.4 Å². The van der Waals surface area contributed by atoms with Crippen LogP contribution in [0.15, 0.2) is 30.3 Å². The van der Waals surface area contributed by atoms with Crippen molar-refractivity contribution in [2.24, 2.45) is 5.92 Å². The highest BCUT2D eigenvalue weighted by atomic mass is 16.5. The van der Waals surface area contributed by atoms with Crippen LogP contribution >= 0.6 is 0 Å². The summed E-state index contributed by atoms with van der Waals surface area (Å²) >= 11 is 0. The summed E-state index contributed by atoms with van der Waals surface area (Å²) in [6, 6.07) is 9.30. The van der Waals surface area contributed by atoms with Crippen molar-refractivity contribution in [1.82, 2.24) is 4.90 Å². The predicted octanol–water partition coefficient (Wildman–Crippen LogP) is 1.55. The maximum atomic E-state index is 12.2. The van der Waals surface area contributed by atoms with E-state index in [1.807, 2.05) is 30.3 Å². The standard InChI is InChI=1S/C19H25NO6/c1-24-19(23)16(7-8-17(21)20-9-11-25-12-10-20)13-18(22)26-14-15-5-3-2-4-6-15/h2-6,16H,7-14H2,1H3/t16-/m1/s1. The molecule has 7 nitrogen and oxygen atoms in total. The summed E-state index contributed by atoms with van der Waals surface area (Å²) in [5.41, 5.74) is 0.873. The summed E-state index contributed by atoms with van der Waals surface area (Å²) in [6.45, 7) is 2.32. The lowest BCUT2D eigenvalue weighted by Gasteiger charge is -2.27. The Morgan fingerprint density at radius 1 is 1.15 bits per heavy atom. The Morgan fingerprint density at radius 2 is 1.85 bits per heavy atom. The van der Waals surface area contributed by atoms with Crippen molar-refractivity contribution >= 4 is 17.8 Å². The molecule has 0 aliphatic carbocycles. The summed E-state index contributed by atoms with van der Waals surface area (Å²) in [4.78, 5) is 37.9. The van der Waals surface area contributed by atoms with Gasteiger partial charge in [-0.25, -0.2) is 0 Å². The third-order valence-corrected chi connectivity index (χ3v) is 4.26. The molecule has 1 aliphatic rings. The normalized spacial score (nSPS) is 15.2. The molecule has 1 fully saturated rings. The molecular formula is C19H25NO6. The number of methoxy groups -OCH3 is 1. The van der Waals surface area contributed by atoms with Crippen molar-refractivity contribution in [3.63, 3.8) is 0 Å². The van der Waals surface area contributed by atoms with Gasteiger partial charge in [-0.3, -0.25) is 14.4 Å². The van der Waals surface area contributed by atoms with Gasteiger partial charge in [-0.1, -0.05) is 30.3 Å². The molecule has 1 aromatic rings. The Hall–Kier alpha value is -2.41. The number of nitrogens with zero attached hydrogens (tertiary/aromatic N) is 1. The quantitative estimate of drug-likeness (QED) is 0.652. The molecule has 1 heterocycles. The van der Waals surface area contributed by atoms with Gasteiger partial charge >= 0.3 is 11.9 Å². The van der Waals surface area contributed by atoms with Crippen LogP contribution in [0.3, 0.4) is 0 Å². The Balaban J connectivity index is 1.81. The minimum absolute atomic E-state index is 0.0418. The van der Waals surface area contributed by atoms with E-state index in [4.69, 9.17) is 14.2 Å². The molecule has 0 bridgehead atoms. The predicted molar refractivity (Wildman–Crippen MR) is 93.0 cm³/mol. The fourth-order valence-electron chi connectivity index (χ4n) is 2.74. The van der Waals surface area contributed by atoms with Crippen LogP contribution in [-0.4, -0.2) is 56.2 Å². The molecule has 1 aliphatic heterocycles. The van der Waals surface area contributed by atoms with Crippen LogP contribution in [0.1, 0.15) is 24.8 Å². The van der Waals surface area contributed by atoms with Crippen molar-refractivity contribution in [1.29, 1.82) is 0 Å². The monoisotopic (exact) mass is 363 g/mol. The third kappa shape index (κ3) is 6.48. The van der Waals surface area contributed by atoms with Gasteiger partial charge in [-0.2, -0.15) is 0 Å². The van der Waals surface area contributed by atoms with Gasteiger partial charge in [0.2, 0.25) is 5.91 Å². The fraction of sp³-hybridized carbons (Fsp3) is 0.526. The Bertz CT molecular complexity index is 597. The second kappa shape index (κ2) is 10.6. The molecule has 0 aromatic heterocycles. The van der Waals surface area contributed by atoms with E-state index >= 15 is 0 Å². The number of morpholine rings is 1. The molecule has 0 saturated carbocycles. The number of carbonyl (C=O) groups is 3. The summed E-state index contributed by atoms with van der Waals surface area (Å²) < 4.78 is 15.2. The maximum absolute atomic E-state index is 12.2. The zero-order valence-electron chi connectivity index (χ0n) is 15.0. The Kier molecular flexibility index (Phi) is 8.08. The SMILES string of the molecule is COC(=O)[C@H](CCC(=O)N1CCOCC1)CC(=O)OCc1ccccc1. The van der Waals surface area contributed by atoms with Crippen LogP contribution < -0.4 is 0 Å². The van der Waals surface area contributed by atoms with Crippen LogP contribution in [-0.2, 0) is 35.2 Å². The van der Waals surface area contributed by atoms with Gasteiger partial charge in [0.05, 0.1) is 32.7 Å². The molecule has 1 amide bonds. The first-order valence-corrected chi connectivity index (χ1v) is 8.73. The molecule has 142 valence electrons. The summed E-state index contributed by atoms with van der Waals surface area (Å²) in [6.07, 6.45) is 0.338. The van der Waals surface area contributed by atoms with E-state index in [0.29, 0.717) is 26.3 Å². The molecule has 0 N–H and O–H groups in total. The van der Waals surface area contributed by atoms with Gasteiger partial charge in [-0.15, -0.1) is 0 Å². The molecule has 2 rings (SSSR count). The van der Waals surface area contributed by atoms with E-state index in [9.17, 15) is 14.4 Å². The number of amides is 1. The van der Waals surface area contributed by atoms with Crippen LogP contribution in [0, 0.1) is 5.92 Å². The number of esters is 2. The second-order valence-corrected chi connectivity index (χ2v) is 6.10. The first kappa shape index (κ1) is 19.9. The van der Waals surface area contributed by atoms with Gasteiger partial charge in [0.25, 0.3) is 0 Å². The molecule has 26 heavy (non-hydrogen) atoms. The van der Waals surface area contributed by atoms with Crippen molar-refractivity contribution in [2.45, 2.75) is 25.9 Å². The van der Waals surface area contributed by atoms with Crippen molar-refractivity contribution < 1.29 is 28.6 Å². The van der Waals surface area contributed by atoms with E-state index in [0.717, 1.165) is 5.56 Å². The van der Waals surface area contributed by atoms with E-state index in [1.165, 1.54) is 7.11 Å². The zero-order chi connectivity index (χ0) is 18.8. The van der Waals surface area contributed by atoms with E-state index in [2.05, 4.69) is 0 Å². The molecule has 1 aromatic carbocycles. The van der Waals surface area contributed by atoms with Crippen molar-refractivity contribution in [3.05, 3.63) is 35.9 Å². The number of rotatable bonds is 8. The van der Waals surface area contributed by atoms with Gasteiger partial charge in [0.15, 0.2) is 0 Å². The van der Waals surface area contributed by atoms with Gasteiger partial charge in [-0.05, 0) is 12.0 Å². The van der Waals surface area contributed by atoms with Gasteiger partial charge < -0.3 is 19.1 Å². The topological polar surface area (TPSA) is 82.1 Å². The highest BCUT2D eigenvalue weighted by molar-refractivity contribution is 5.81. The van der Waals surface area contributed by atoms with E-state index < -0.39 is 17.9 Å². The molecule has 0 spiro atoms. The lowest BCUT2D eigenvalue weighted by Crippen LogP contribution is -2.40. The molecule has 1 saturated heterocycles. The van der Waals surface area contributed by atoms with Gasteiger partial charge in [0, 0.05) is 19.5 Å². The number of hydrogen-bond acceptors (Lipinski definition) is 6. The largest absolute Gasteiger partial charge is 0.469 e. The average Bonchev–Trinajstić information content (AvgIpc) is 2.70. The lowest BCUT2D eigenvalue weighted by molar-refractivity contribution is -0.154. The van der Waals surface area contributed by atoms with Crippen LogP contribution in [0.4, 0.5) is 0 Å². The summed E-state index contributed by atoms with van der Waals surface area (Å²) in [5.74, 6) is -1.72. The highest BCUT2D eigenvalue weighted by Crippen LogP contribution is 2.16. The van der Waals surface area contributed by atoms with E-state index in [-0.39, 0.29) is 31.8 Å². The lowest BCUT2D eigenvalue weighted by atomic mass is 9.99. The first-order valence-electron chi connectivity index (χ1n) is 8.73. The zero-order valence-corrected chi connectivity index (χ0v) is 15.0. The van der Waals surface area contributed by atoms with Crippen LogP contribution in [0.2, 0.25) is 0 Å². The molecule has 1 atom stereocenters. The molecular weight excluding hydrogens is 338 g/mol. The van der Waals surface area contributed by atoms with Crippen LogP contribution in [0.5, 0.6) is 0 Å². The first-order chi connectivity index (χ1) is 12.6. The second-order valence-electron chi connectivity index (χ2n) is 6.10. The maximum Gasteiger partial charge on any atom is 0.309 e. The molecule has 0 unspecified atom stereocenters. The van der Waals surface area contributed by atoms with Crippen molar-refractivity contribution in [3.8, 4) is 0 Å². The van der Waals surface area contributed by atoms with E-state index in [1.54, 1.807) is 4.90 Å². The Labute approximate surface area is 153 Å². The third-order valence-electron chi connectivity index (χ3n) is 4.26. The van der Waals surface area contributed by atoms with Gasteiger partial charge in [0.1, 0.15) is 6.61 Å². The minimum Gasteiger partial charge on any atom is -0.469 e. The number of hydrogen-bond donors (Lipinski definition) is 0. The smallest absolute Gasteiger partial charge is 0.309 e. The summed E-state index contributed by atoms with van der Waals surface area (Å²) in [7, 11) is 1.27. The minimum atomic E-state index is -0.687. The number of ether oxygens (including phenoxy) is 3.